The topological polar surface area (TPSA) is 79.4 Å². The van der Waals surface area contributed by atoms with Crippen LogP contribution in [0.15, 0.2) is 31.0 Å². The van der Waals surface area contributed by atoms with Gasteiger partial charge in [0.1, 0.15) is 24.4 Å². The van der Waals surface area contributed by atoms with E-state index in [0.717, 1.165) is 12.2 Å². The first-order chi connectivity index (χ1) is 8.28. The number of aromatic nitrogens is 4. The van der Waals surface area contributed by atoms with Crippen LogP contribution < -0.4 is 5.32 Å². The first kappa shape index (κ1) is 11.1. The van der Waals surface area contributed by atoms with E-state index in [1.165, 1.54) is 6.33 Å². The second kappa shape index (κ2) is 5.07. The van der Waals surface area contributed by atoms with Gasteiger partial charge in [-0.1, -0.05) is 0 Å². The third-order valence-electron chi connectivity index (χ3n) is 2.22. The molecule has 6 nitrogen and oxygen atoms in total. The Morgan fingerprint density at radius 2 is 2.41 bits per heavy atom. The first-order valence-corrected chi connectivity index (χ1v) is 5.23. The maximum atomic E-state index is 8.63. The van der Waals surface area contributed by atoms with E-state index in [2.05, 4.69) is 20.4 Å². The lowest BCUT2D eigenvalue weighted by Crippen LogP contribution is -2.22. The highest BCUT2D eigenvalue weighted by Gasteiger charge is 2.03. The molecule has 86 valence electrons. The first-order valence-electron chi connectivity index (χ1n) is 5.23. The van der Waals surface area contributed by atoms with Gasteiger partial charge in [0.05, 0.1) is 18.4 Å². The molecule has 2 aromatic heterocycles. The van der Waals surface area contributed by atoms with Crippen molar-refractivity contribution in [1.29, 1.82) is 5.26 Å². The zero-order chi connectivity index (χ0) is 12.1. The lowest BCUT2D eigenvalue weighted by atomic mass is 10.3. The van der Waals surface area contributed by atoms with Crippen LogP contribution in [0.4, 0.5) is 5.69 Å². The fraction of sp³-hybridized carbons (Fsp3) is 0.273. The van der Waals surface area contributed by atoms with Crippen LogP contribution in [0.1, 0.15) is 12.6 Å². The van der Waals surface area contributed by atoms with Crippen molar-refractivity contribution in [3.05, 3.63) is 36.7 Å². The third-order valence-corrected chi connectivity index (χ3v) is 2.22. The van der Waals surface area contributed by atoms with Crippen molar-refractivity contribution in [1.82, 2.24) is 19.7 Å². The van der Waals surface area contributed by atoms with Crippen LogP contribution in [0, 0.1) is 11.3 Å². The normalized spacial score (nSPS) is 11.8. The molecule has 0 saturated heterocycles. The second-order valence-corrected chi connectivity index (χ2v) is 3.71. The highest BCUT2D eigenvalue weighted by atomic mass is 15.3. The summed E-state index contributed by atoms with van der Waals surface area (Å²) in [7, 11) is 0. The largest absolute Gasteiger partial charge is 0.379 e. The van der Waals surface area contributed by atoms with E-state index in [0.29, 0.717) is 5.69 Å². The molecule has 6 heteroatoms. The summed E-state index contributed by atoms with van der Waals surface area (Å²) in [4.78, 5) is 7.87. The molecule has 2 rings (SSSR count). The van der Waals surface area contributed by atoms with Crippen LogP contribution in [0.2, 0.25) is 0 Å². The van der Waals surface area contributed by atoms with E-state index >= 15 is 0 Å². The van der Waals surface area contributed by atoms with Crippen molar-refractivity contribution in [3.63, 3.8) is 0 Å². The number of pyridine rings is 1. The molecule has 2 heterocycles. The zero-order valence-corrected chi connectivity index (χ0v) is 9.41. The summed E-state index contributed by atoms with van der Waals surface area (Å²) in [6, 6.07) is 5.70. The number of rotatable bonds is 4. The molecule has 0 unspecified atom stereocenters. The molecule has 0 aromatic carbocycles. The maximum absolute atomic E-state index is 8.63. The molecule has 2 aromatic rings. The minimum atomic E-state index is 0.200. The van der Waals surface area contributed by atoms with Gasteiger partial charge in [-0.05, 0) is 19.1 Å². The third kappa shape index (κ3) is 3.01. The molecule has 17 heavy (non-hydrogen) atoms. The van der Waals surface area contributed by atoms with Gasteiger partial charge in [-0.15, -0.1) is 0 Å². The molecule has 0 saturated carbocycles. The molecule has 0 spiro atoms. The molecule has 0 fully saturated rings. The highest BCUT2D eigenvalue weighted by Crippen LogP contribution is 2.07. The van der Waals surface area contributed by atoms with Gasteiger partial charge in [-0.2, -0.15) is 10.4 Å². The minimum absolute atomic E-state index is 0.200. The Balaban J connectivity index is 1.94. The number of hydrogen-bond acceptors (Lipinski definition) is 5. The van der Waals surface area contributed by atoms with Gasteiger partial charge in [0.15, 0.2) is 0 Å². The number of nitrogens with one attached hydrogen (secondary N) is 1. The van der Waals surface area contributed by atoms with Crippen LogP contribution in [0.25, 0.3) is 0 Å². The Morgan fingerprint density at radius 1 is 1.53 bits per heavy atom. The van der Waals surface area contributed by atoms with E-state index < -0.39 is 0 Å². The Bertz CT molecular complexity index is 496. The van der Waals surface area contributed by atoms with E-state index in [1.54, 1.807) is 23.3 Å². The Kier molecular flexibility index (Phi) is 3.31. The number of nitriles is 1. The highest BCUT2D eigenvalue weighted by molar-refractivity contribution is 5.43. The van der Waals surface area contributed by atoms with Crippen LogP contribution in [-0.2, 0) is 6.54 Å². The van der Waals surface area contributed by atoms with Crippen LogP contribution >= 0.6 is 0 Å². The molecule has 1 atom stereocenters. The minimum Gasteiger partial charge on any atom is -0.379 e. The van der Waals surface area contributed by atoms with E-state index in [-0.39, 0.29) is 6.04 Å². The van der Waals surface area contributed by atoms with Gasteiger partial charge < -0.3 is 5.32 Å². The molecule has 1 N–H and O–H groups in total. The van der Waals surface area contributed by atoms with E-state index in [4.69, 9.17) is 5.26 Å². The zero-order valence-electron chi connectivity index (χ0n) is 9.41. The van der Waals surface area contributed by atoms with Crippen molar-refractivity contribution >= 4 is 5.69 Å². The molecular weight excluding hydrogens is 216 g/mol. The second-order valence-electron chi connectivity index (χ2n) is 3.71. The summed E-state index contributed by atoms with van der Waals surface area (Å²) in [5.74, 6) is 0. The molecule has 0 aliphatic rings. The lowest BCUT2D eigenvalue weighted by Gasteiger charge is -2.14. The smallest absolute Gasteiger partial charge is 0.140 e. The molecular formula is C11H12N6. The predicted octanol–water partition coefficient (Wildman–Crippen LogP) is 1.05. The molecule has 0 aliphatic carbocycles. The van der Waals surface area contributed by atoms with Gasteiger partial charge >= 0.3 is 0 Å². The fourth-order valence-corrected chi connectivity index (χ4v) is 1.48. The SMILES string of the molecule is C[C@@H](Cn1cncn1)Nc1ccc(C#N)nc1. The van der Waals surface area contributed by atoms with Crippen molar-refractivity contribution in [3.8, 4) is 6.07 Å². The summed E-state index contributed by atoms with van der Waals surface area (Å²) in [5.41, 5.74) is 1.30. The van der Waals surface area contributed by atoms with Crippen LogP contribution in [-0.4, -0.2) is 25.8 Å². The molecule has 0 amide bonds. The monoisotopic (exact) mass is 228 g/mol. The molecule has 0 bridgehead atoms. The fourth-order valence-electron chi connectivity index (χ4n) is 1.48. The van der Waals surface area contributed by atoms with Gasteiger partial charge in [0, 0.05) is 6.04 Å². The summed E-state index contributed by atoms with van der Waals surface area (Å²) in [5, 5.41) is 15.9. The number of anilines is 1. The number of hydrogen-bond donors (Lipinski definition) is 1. The summed E-state index contributed by atoms with van der Waals surface area (Å²) in [6.45, 7) is 2.76. The van der Waals surface area contributed by atoms with Crippen molar-refractivity contribution in [2.45, 2.75) is 19.5 Å². The van der Waals surface area contributed by atoms with Gasteiger partial charge in [-0.25, -0.2) is 9.97 Å². The quantitative estimate of drug-likeness (QED) is 0.845. The van der Waals surface area contributed by atoms with Crippen molar-refractivity contribution < 1.29 is 0 Å². The Morgan fingerprint density at radius 3 is 3.00 bits per heavy atom. The summed E-state index contributed by atoms with van der Waals surface area (Å²) in [6.07, 6.45) is 4.83. The maximum Gasteiger partial charge on any atom is 0.140 e. The summed E-state index contributed by atoms with van der Waals surface area (Å²) >= 11 is 0. The van der Waals surface area contributed by atoms with Crippen LogP contribution in [0.3, 0.4) is 0 Å². The van der Waals surface area contributed by atoms with Gasteiger partial charge in [-0.3, -0.25) is 4.68 Å². The van der Waals surface area contributed by atoms with Gasteiger partial charge in [0.25, 0.3) is 0 Å². The lowest BCUT2D eigenvalue weighted by molar-refractivity contribution is 0.559. The Hall–Kier alpha value is -2.42. The predicted molar refractivity (Wildman–Crippen MR) is 62.1 cm³/mol. The standard InChI is InChI=1S/C11H12N6/c1-9(6-17-8-13-7-15-17)16-11-3-2-10(4-12)14-5-11/h2-3,5,7-9,16H,6H2,1H3/t9-/m0/s1. The molecule has 0 aliphatic heterocycles. The van der Waals surface area contributed by atoms with Crippen LogP contribution in [0.5, 0.6) is 0 Å². The number of nitrogens with zero attached hydrogens (tertiary/aromatic N) is 5. The molecule has 0 radical (unpaired) electrons. The average molecular weight is 228 g/mol. The van der Waals surface area contributed by atoms with Crippen molar-refractivity contribution in [2.24, 2.45) is 0 Å². The van der Waals surface area contributed by atoms with E-state index in [9.17, 15) is 0 Å². The summed E-state index contributed by atoms with van der Waals surface area (Å²) < 4.78 is 1.76. The average Bonchev–Trinajstić information content (AvgIpc) is 2.82. The van der Waals surface area contributed by atoms with Gasteiger partial charge in [0.2, 0.25) is 0 Å². The van der Waals surface area contributed by atoms with E-state index in [1.807, 2.05) is 19.1 Å². The van der Waals surface area contributed by atoms with Crippen molar-refractivity contribution in [2.75, 3.05) is 5.32 Å². The Labute approximate surface area is 98.9 Å².